The zero-order chi connectivity index (χ0) is 25.4. The van der Waals surface area contributed by atoms with Gasteiger partial charge in [0.1, 0.15) is 11.8 Å². The number of hydrogen-bond acceptors (Lipinski definition) is 6. The molecule has 3 heterocycles. The van der Waals surface area contributed by atoms with Gasteiger partial charge in [-0.25, -0.2) is 0 Å². The van der Waals surface area contributed by atoms with Crippen LogP contribution in [0.2, 0.25) is 0 Å². The molecule has 0 spiro atoms. The van der Waals surface area contributed by atoms with Gasteiger partial charge in [-0.3, -0.25) is 4.79 Å². The zero-order valence-corrected chi connectivity index (χ0v) is 21.7. The predicted molar refractivity (Wildman–Crippen MR) is 139 cm³/mol. The lowest BCUT2D eigenvalue weighted by Gasteiger charge is -2.32. The molecular weight excluding hydrogens is 442 g/mol. The summed E-state index contributed by atoms with van der Waals surface area (Å²) in [4.78, 5) is 13.3. The van der Waals surface area contributed by atoms with Gasteiger partial charge in [-0.1, -0.05) is 30.3 Å². The molecule has 0 unspecified atom stereocenters. The van der Waals surface area contributed by atoms with Gasteiger partial charge in [-0.2, -0.15) is 0 Å². The molecule has 6 nitrogen and oxygen atoms in total. The monoisotopic (exact) mass is 474 g/mol. The normalized spacial score (nSPS) is 22.2. The average Bonchev–Trinajstić information content (AvgIpc) is 3.13. The lowest BCUT2D eigenvalue weighted by Crippen LogP contribution is -2.41. The molecule has 0 amide bonds. The Hall–Kier alpha value is -2.38. The van der Waals surface area contributed by atoms with Crippen molar-refractivity contribution in [3.8, 4) is 11.1 Å². The first-order chi connectivity index (χ1) is 16.2. The maximum atomic E-state index is 13.3. The minimum absolute atomic E-state index is 0.0879. The van der Waals surface area contributed by atoms with Crippen LogP contribution < -0.4 is 16.4 Å². The maximum Gasteiger partial charge on any atom is 0.494 e. The highest BCUT2D eigenvalue weighted by Crippen LogP contribution is 2.37. The molecule has 0 radical (unpaired) electrons. The van der Waals surface area contributed by atoms with Crippen molar-refractivity contribution in [2.45, 2.75) is 77.8 Å². The van der Waals surface area contributed by atoms with Crippen molar-refractivity contribution in [3.05, 3.63) is 59.0 Å². The smallest absolute Gasteiger partial charge is 0.463 e. The standard InChI is InChI=1S/C27H32B2O6/c1-24(2)25(3,4)33-28(32-24)18-11-9-17(10-12-18)21-16-31-22-15-19(13-14-20(22)23(21)30)29-34-26(5,6)27(7,8)35-29/h9-16H,1-8H3. The number of fused-ring (bicyclic) bond motifs is 1. The van der Waals surface area contributed by atoms with Gasteiger partial charge in [-0.15, -0.1) is 0 Å². The summed E-state index contributed by atoms with van der Waals surface area (Å²) in [5, 5.41) is 0.512. The van der Waals surface area contributed by atoms with Gasteiger partial charge in [0, 0.05) is 0 Å². The second-order valence-corrected chi connectivity index (χ2v) is 11.5. The Balaban J connectivity index is 1.42. The molecule has 2 aliphatic rings. The molecule has 0 atom stereocenters. The average molecular weight is 474 g/mol. The molecule has 0 bridgehead atoms. The van der Waals surface area contributed by atoms with Crippen LogP contribution in [0, 0.1) is 0 Å². The Morgan fingerprint density at radius 3 is 1.60 bits per heavy atom. The Bertz CT molecular complexity index is 1310. The molecule has 0 N–H and O–H groups in total. The van der Waals surface area contributed by atoms with Crippen molar-refractivity contribution in [1.29, 1.82) is 0 Å². The summed E-state index contributed by atoms with van der Waals surface area (Å²) in [5.41, 5.74) is 1.71. The van der Waals surface area contributed by atoms with Gasteiger partial charge in [0.2, 0.25) is 0 Å². The summed E-state index contributed by atoms with van der Waals surface area (Å²) in [6, 6.07) is 13.1. The van der Waals surface area contributed by atoms with E-state index < -0.39 is 36.6 Å². The molecular formula is C27H32B2O6. The number of hydrogen-bond donors (Lipinski definition) is 0. The van der Waals surface area contributed by atoms with Gasteiger partial charge >= 0.3 is 14.2 Å². The van der Waals surface area contributed by atoms with Crippen LogP contribution in [0.4, 0.5) is 0 Å². The highest BCUT2D eigenvalue weighted by molar-refractivity contribution is 6.62. The molecule has 2 saturated heterocycles. The zero-order valence-electron chi connectivity index (χ0n) is 21.7. The van der Waals surface area contributed by atoms with Gasteiger partial charge in [0.15, 0.2) is 5.43 Å². The first-order valence-electron chi connectivity index (χ1n) is 12.1. The fourth-order valence-electron chi connectivity index (χ4n) is 4.27. The van der Waals surface area contributed by atoms with E-state index in [1.54, 1.807) is 6.07 Å². The van der Waals surface area contributed by atoms with E-state index in [0.717, 1.165) is 16.5 Å². The molecule has 3 aromatic rings. The Labute approximate surface area is 207 Å². The van der Waals surface area contributed by atoms with Crippen molar-refractivity contribution in [3.63, 3.8) is 0 Å². The predicted octanol–water partition coefficient (Wildman–Crippen LogP) is 4.06. The summed E-state index contributed by atoms with van der Waals surface area (Å²) < 4.78 is 30.5. The van der Waals surface area contributed by atoms with E-state index in [4.69, 9.17) is 23.0 Å². The largest absolute Gasteiger partial charge is 0.494 e. The molecule has 182 valence electrons. The van der Waals surface area contributed by atoms with Gasteiger partial charge in [0.05, 0.1) is 33.4 Å². The second-order valence-electron chi connectivity index (χ2n) is 11.5. The highest BCUT2D eigenvalue weighted by atomic mass is 16.7. The van der Waals surface area contributed by atoms with Crippen molar-refractivity contribution in [1.82, 2.24) is 0 Å². The summed E-state index contributed by atoms with van der Waals surface area (Å²) in [6.45, 7) is 16.2. The van der Waals surface area contributed by atoms with E-state index in [0.29, 0.717) is 16.5 Å². The van der Waals surface area contributed by atoms with Crippen LogP contribution in [-0.4, -0.2) is 36.6 Å². The van der Waals surface area contributed by atoms with Crippen LogP contribution in [0.25, 0.3) is 22.1 Å². The van der Waals surface area contributed by atoms with E-state index in [9.17, 15) is 4.79 Å². The van der Waals surface area contributed by atoms with Crippen LogP contribution >= 0.6 is 0 Å². The van der Waals surface area contributed by atoms with Crippen LogP contribution in [-0.2, 0) is 18.6 Å². The topological polar surface area (TPSA) is 67.1 Å². The first kappa shape index (κ1) is 24.3. The minimum atomic E-state index is -0.517. The lowest BCUT2D eigenvalue weighted by atomic mass is 9.78. The third-order valence-corrected chi connectivity index (χ3v) is 8.07. The van der Waals surface area contributed by atoms with Crippen molar-refractivity contribution in [2.24, 2.45) is 0 Å². The van der Waals surface area contributed by atoms with Gasteiger partial charge in [-0.05, 0) is 84.0 Å². The molecule has 1 aromatic heterocycles. The Morgan fingerprint density at radius 2 is 1.09 bits per heavy atom. The van der Waals surface area contributed by atoms with Crippen molar-refractivity contribution in [2.75, 3.05) is 0 Å². The van der Waals surface area contributed by atoms with Crippen LogP contribution in [0.1, 0.15) is 55.4 Å². The van der Waals surface area contributed by atoms with E-state index in [2.05, 4.69) is 0 Å². The lowest BCUT2D eigenvalue weighted by molar-refractivity contribution is 0.00578. The molecule has 35 heavy (non-hydrogen) atoms. The van der Waals surface area contributed by atoms with E-state index in [1.165, 1.54) is 6.26 Å². The molecule has 0 aliphatic carbocycles. The third-order valence-electron chi connectivity index (χ3n) is 8.07. The number of benzene rings is 2. The quantitative estimate of drug-likeness (QED) is 0.534. The first-order valence-corrected chi connectivity index (χ1v) is 12.1. The fraction of sp³-hybridized carbons (Fsp3) is 0.444. The fourth-order valence-corrected chi connectivity index (χ4v) is 4.27. The molecule has 8 heteroatoms. The van der Waals surface area contributed by atoms with Crippen LogP contribution in [0.15, 0.2) is 57.9 Å². The minimum Gasteiger partial charge on any atom is -0.463 e. The third kappa shape index (κ3) is 3.97. The Kier molecular flexibility index (Phi) is 5.43. The summed E-state index contributed by atoms with van der Waals surface area (Å²) >= 11 is 0. The second kappa shape index (κ2) is 7.81. The summed E-state index contributed by atoms with van der Waals surface area (Å²) in [5.74, 6) is 0. The molecule has 5 rings (SSSR count). The SMILES string of the molecule is CC1(C)OB(c2ccc(-c3coc4cc(B5OC(C)(C)C(C)(C)O5)ccc4c3=O)cc2)OC1(C)C. The van der Waals surface area contributed by atoms with Gasteiger partial charge in [0.25, 0.3) is 0 Å². The molecule has 0 saturated carbocycles. The van der Waals surface area contributed by atoms with Crippen LogP contribution in [0.3, 0.4) is 0 Å². The molecule has 2 fully saturated rings. The van der Waals surface area contributed by atoms with E-state index in [1.807, 2.05) is 91.8 Å². The van der Waals surface area contributed by atoms with Crippen LogP contribution in [0.5, 0.6) is 0 Å². The summed E-state index contributed by atoms with van der Waals surface area (Å²) in [7, 11) is -0.965. The van der Waals surface area contributed by atoms with Crippen molar-refractivity contribution >= 4 is 36.1 Å². The van der Waals surface area contributed by atoms with E-state index >= 15 is 0 Å². The molecule has 2 aliphatic heterocycles. The van der Waals surface area contributed by atoms with E-state index in [-0.39, 0.29) is 5.43 Å². The molecule has 2 aromatic carbocycles. The Morgan fingerprint density at radius 1 is 0.629 bits per heavy atom. The van der Waals surface area contributed by atoms with Gasteiger partial charge < -0.3 is 23.0 Å². The van der Waals surface area contributed by atoms with Crippen molar-refractivity contribution < 1.29 is 23.0 Å². The maximum absolute atomic E-state index is 13.3. The summed E-state index contributed by atoms with van der Waals surface area (Å²) in [6.07, 6.45) is 1.52. The highest BCUT2D eigenvalue weighted by Gasteiger charge is 2.52. The number of rotatable bonds is 3.